The molecule has 1 saturated heterocycles. The third-order valence-electron chi connectivity index (χ3n) is 5.30. The van der Waals surface area contributed by atoms with Crippen LogP contribution in [0.3, 0.4) is 0 Å². The number of ether oxygens (including phenoxy) is 8. The minimum atomic E-state index is -5.45. The van der Waals surface area contributed by atoms with E-state index in [-0.39, 0.29) is 46.2 Å². The average Bonchev–Trinajstić information content (AvgIpc) is 3.41. The third kappa shape index (κ3) is 22.3. The summed E-state index contributed by atoms with van der Waals surface area (Å²) < 4.78 is 117. The van der Waals surface area contributed by atoms with Gasteiger partial charge in [-0.3, -0.25) is 0 Å². The van der Waals surface area contributed by atoms with Gasteiger partial charge in [0.05, 0.1) is 72.7 Å². The summed E-state index contributed by atoms with van der Waals surface area (Å²) in [7, 11) is 0. The summed E-state index contributed by atoms with van der Waals surface area (Å²) in [6, 6.07) is 0. The third-order valence-corrected chi connectivity index (χ3v) is 5.30. The van der Waals surface area contributed by atoms with Crippen LogP contribution in [0, 0.1) is 0 Å². The van der Waals surface area contributed by atoms with E-state index in [1.54, 1.807) is 0 Å². The minimum Gasteiger partial charge on any atom is -0.394 e. The van der Waals surface area contributed by atoms with E-state index in [1.165, 1.54) is 0 Å². The molecule has 1 heterocycles. The number of nitrogens with zero attached hydrogens (tertiary/aromatic N) is 1. The molecule has 0 aromatic carbocycles. The second kappa shape index (κ2) is 21.7. The number of alkyl halides is 6. The van der Waals surface area contributed by atoms with Gasteiger partial charge in [-0.1, -0.05) is 0 Å². The molecule has 19 heteroatoms. The van der Waals surface area contributed by atoms with Gasteiger partial charge in [-0.15, -0.1) is 8.78 Å². The van der Waals surface area contributed by atoms with Crippen molar-refractivity contribution in [1.82, 2.24) is 4.90 Å². The first-order valence-electron chi connectivity index (χ1n) is 13.6. The molecule has 3 atom stereocenters. The molecule has 0 radical (unpaired) electrons. The van der Waals surface area contributed by atoms with Crippen LogP contribution in [0.25, 0.3) is 0 Å². The van der Waals surface area contributed by atoms with Gasteiger partial charge in [0.15, 0.2) is 0 Å². The van der Waals surface area contributed by atoms with E-state index in [1.807, 2.05) is 0 Å². The molecule has 13 nitrogen and oxygen atoms in total. The summed E-state index contributed by atoms with van der Waals surface area (Å²) in [5.74, 6) is 0. The first kappa shape index (κ1) is 40.1. The highest BCUT2D eigenvalue weighted by molar-refractivity contribution is 4.65. The van der Waals surface area contributed by atoms with E-state index in [0.717, 1.165) is 32.5 Å². The van der Waals surface area contributed by atoms with Gasteiger partial charge in [0.1, 0.15) is 31.5 Å². The lowest BCUT2D eigenvalue weighted by Gasteiger charge is -2.26. The SMILES string of the molecule is OCCOCC(O)COCC(O)COCC(F)(F)OC(F)(F)OC(F)(F)COCCOCC(O)COCCN1CCCC1. The van der Waals surface area contributed by atoms with Crippen LogP contribution in [-0.2, 0) is 37.9 Å². The number of aliphatic hydroxyl groups excluding tert-OH is 4. The van der Waals surface area contributed by atoms with Gasteiger partial charge < -0.3 is 53.7 Å². The summed E-state index contributed by atoms with van der Waals surface area (Å²) in [6.45, 7) is -3.50. The van der Waals surface area contributed by atoms with Crippen molar-refractivity contribution >= 4 is 0 Å². The zero-order valence-corrected chi connectivity index (χ0v) is 23.7. The Bertz CT molecular complexity index is 697. The molecule has 0 bridgehead atoms. The zero-order valence-electron chi connectivity index (χ0n) is 23.7. The van der Waals surface area contributed by atoms with Crippen molar-refractivity contribution in [2.24, 2.45) is 0 Å². The van der Waals surface area contributed by atoms with Crippen molar-refractivity contribution in [2.75, 3.05) is 106 Å². The Labute approximate surface area is 245 Å². The van der Waals surface area contributed by atoms with Crippen molar-refractivity contribution in [3.05, 3.63) is 0 Å². The highest BCUT2D eigenvalue weighted by Crippen LogP contribution is 2.33. The smallest absolute Gasteiger partial charge is 0.394 e. The first-order chi connectivity index (χ1) is 20.2. The maximum atomic E-state index is 13.7. The van der Waals surface area contributed by atoms with Crippen molar-refractivity contribution in [1.29, 1.82) is 0 Å². The monoisotopic (exact) mass is 651 g/mol. The van der Waals surface area contributed by atoms with Gasteiger partial charge in [-0.05, 0) is 25.9 Å². The molecule has 4 N–H and O–H groups in total. The fourth-order valence-corrected chi connectivity index (χ4v) is 3.46. The van der Waals surface area contributed by atoms with Crippen molar-refractivity contribution < 1.29 is 84.7 Å². The van der Waals surface area contributed by atoms with E-state index in [4.69, 9.17) is 24.1 Å². The molecule has 0 spiro atoms. The fraction of sp³-hybridized carbons (Fsp3) is 1.00. The summed E-state index contributed by atoms with van der Waals surface area (Å²) in [6.07, 6.45) is -16.3. The van der Waals surface area contributed by atoms with Gasteiger partial charge in [-0.2, -0.15) is 17.6 Å². The van der Waals surface area contributed by atoms with Crippen molar-refractivity contribution in [3.63, 3.8) is 0 Å². The van der Waals surface area contributed by atoms with Gasteiger partial charge in [0.25, 0.3) is 0 Å². The summed E-state index contributed by atoms with van der Waals surface area (Å²) in [5.41, 5.74) is 0. The quantitative estimate of drug-likeness (QED) is 0.0511. The van der Waals surface area contributed by atoms with E-state index >= 15 is 0 Å². The maximum Gasteiger partial charge on any atom is 0.495 e. The Hall–Kier alpha value is -0.940. The Balaban J connectivity index is 2.15. The van der Waals surface area contributed by atoms with Crippen LogP contribution >= 0.6 is 0 Å². The van der Waals surface area contributed by atoms with Gasteiger partial charge in [-0.25, -0.2) is 9.47 Å². The predicted molar refractivity (Wildman–Crippen MR) is 133 cm³/mol. The molecule has 43 heavy (non-hydrogen) atoms. The van der Waals surface area contributed by atoms with Crippen LogP contribution < -0.4 is 0 Å². The largest absolute Gasteiger partial charge is 0.495 e. The topological polar surface area (TPSA) is 158 Å². The molecular formula is C24H43F6NO12. The summed E-state index contributed by atoms with van der Waals surface area (Å²) in [4.78, 5) is 2.23. The van der Waals surface area contributed by atoms with E-state index in [9.17, 15) is 41.7 Å². The van der Waals surface area contributed by atoms with E-state index < -0.39 is 69.9 Å². The van der Waals surface area contributed by atoms with Crippen molar-refractivity contribution in [2.45, 2.75) is 49.7 Å². The molecule has 3 unspecified atom stereocenters. The second-order valence-electron chi connectivity index (χ2n) is 9.51. The first-order valence-corrected chi connectivity index (χ1v) is 13.6. The van der Waals surface area contributed by atoms with E-state index in [2.05, 4.69) is 23.8 Å². The number of aliphatic hydroxyl groups is 4. The number of hydrogen-bond acceptors (Lipinski definition) is 13. The van der Waals surface area contributed by atoms with Crippen LogP contribution in [0.15, 0.2) is 0 Å². The number of likely N-dealkylation sites (tertiary alicyclic amines) is 1. The zero-order chi connectivity index (χ0) is 32.2. The molecule has 1 rings (SSSR count). The second-order valence-corrected chi connectivity index (χ2v) is 9.51. The normalized spacial score (nSPS) is 17.4. The summed E-state index contributed by atoms with van der Waals surface area (Å²) >= 11 is 0. The molecule has 0 saturated carbocycles. The maximum absolute atomic E-state index is 13.7. The molecule has 0 aromatic heterocycles. The number of hydrogen-bond donors (Lipinski definition) is 4. The Morgan fingerprint density at radius 1 is 0.558 bits per heavy atom. The van der Waals surface area contributed by atoms with Gasteiger partial charge in [0.2, 0.25) is 0 Å². The van der Waals surface area contributed by atoms with E-state index in [0.29, 0.717) is 6.61 Å². The Morgan fingerprint density at radius 3 is 1.51 bits per heavy atom. The average molecular weight is 652 g/mol. The lowest BCUT2D eigenvalue weighted by atomic mass is 10.4. The molecule has 1 aliphatic heterocycles. The number of halogens is 6. The van der Waals surface area contributed by atoms with Crippen LogP contribution in [0.2, 0.25) is 0 Å². The highest BCUT2D eigenvalue weighted by atomic mass is 19.3. The van der Waals surface area contributed by atoms with Gasteiger partial charge in [0, 0.05) is 6.54 Å². The highest BCUT2D eigenvalue weighted by Gasteiger charge is 2.52. The number of rotatable bonds is 28. The standard InChI is InChI=1S/C24H43F6NO12/c25-22(26,17-39-10-9-38-13-19(33)11-36-7-5-31-3-1-2-4-31)42-24(29,30)43-23(27,28)18-41-16-21(35)15-40-14-20(34)12-37-8-6-32/h19-21,32-35H,1-18H2. The molecule has 0 aromatic rings. The fourth-order valence-electron chi connectivity index (χ4n) is 3.46. The molecule has 1 aliphatic rings. The van der Waals surface area contributed by atoms with Crippen LogP contribution in [0.1, 0.15) is 12.8 Å². The molecule has 0 aliphatic carbocycles. The molecular weight excluding hydrogens is 608 g/mol. The minimum absolute atomic E-state index is 0.00511. The molecule has 258 valence electrons. The van der Waals surface area contributed by atoms with Crippen molar-refractivity contribution in [3.8, 4) is 0 Å². The predicted octanol–water partition coefficient (Wildman–Crippen LogP) is 0.0259. The molecule has 0 amide bonds. The van der Waals surface area contributed by atoms with Crippen LogP contribution in [-0.4, -0.2) is 168 Å². The lowest BCUT2D eigenvalue weighted by Crippen LogP contribution is -2.44. The van der Waals surface area contributed by atoms with Crippen LogP contribution in [0.4, 0.5) is 26.3 Å². The Morgan fingerprint density at radius 2 is 0.977 bits per heavy atom. The Kier molecular flexibility index (Phi) is 20.3. The summed E-state index contributed by atoms with van der Waals surface area (Å²) in [5, 5.41) is 37.4. The lowest BCUT2D eigenvalue weighted by molar-refractivity contribution is -0.518. The molecule has 1 fully saturated rings. The van der Waals surface area contributed by atoms with Gasteiger partial charge >= 0.3 is 18.5 Å². The van der Waals surface area contributed by atoms with Crippen LogP contribution in [0.5, 0.6) is 0 Å².